The molecule has 0 fully saturated rings. The second-order valence-electron chi connectivity index (χ2n) is 5.28. The van der Waals surface area contributed by atoms with Crippen LogP contribution in [0.1, 0.15) is 5.56 Å². The number of aliphatic carboxylic acids is 1. The van der Waals surface area contributed by atoms with Crippen LogP contribution >= 0.6 is 22.6 Å². The van der Waals surface area contributed by atoms with E-state index in [1.54, 1.807) is 12.1 Å². The van der Waals surface area contributed by atoms with E-state index in [0.717, 1.165) is 0 Å². The Balaban J connectivity index is 2.02. The molecule has 0 aliphatic carbocycles. The van der Waals surface area contributed by atoms with Gasteiger partial charge in [0.15, 0.2) is 0 Å². The molecule has 10 heteroatoms. The Morgan fingerprint density at radius 2 is 1.85 bits per heavy atom. The zero-order chi connectivity index (χ0) is 19.3. The number of urea groups is 1. The summed E-state index contributed by atoms with van der Waals surface area (Å²) in [6.45, 7) is 0. The van der Waals surface area contributed by atoms with Crippen molar-refractivity contribution < 1.29 is 24.7 Å². The SMILES string of the molecule is O=C(Nc1ccc([N+](=O)[O-])cc1)N[C@@H](Cc1ccc(O)c(I)c1)C(=O)O. The second kappa shape index (κ2) is 8.47. The van der Waals surface area contributed by atoms with Crippen LogP contribution in [0.2, 0.25) is 0 Å². The number of phenols is 1. The van der Waals surface area contributed by atoms with Crippen molar-refractivity contribution in [2.45, 2.75) is 12.5 Å². The normalized spacial score (nSPS) is 11.4. The van der Waals surface area contributed by atoms with Crippen LogP contribution in [-0.4, -0.2) is 33.2 Å². The van der Waals surface area contributed by atoms with E-state index in [-0.39, 0.29) is 23.5 Å². The van der Waals surface area contributed by atoms with Crippen molar-refractivity contribution in [2.75, 3.05) is 5.32 Å². The fraction of sp³-hybridized carbons (Fsp3) is 0.125. The number of hydrogen-bond donors (Lipinski definition) is 4. The second-order valence-corrected chi connectivity index (χ2v) is 6.45. The largest absolute Gasteiger partial charge is 0.507 e. The van der Waals surface area contributed by atoms with E-state index < -0.39 is 23.0 Å². The molecule has 0 aliphatic heterocycles. The van der Waals surface area contributed by atoms with Gasteiger partial charge in [-0.05, 0) is 52.4 Å². The number of rotatable bonds is 6. The van der Waals surface area contributed by atoms with Crippen molar-refractivity contribution in [3.05, 3.63) is 61.7 Å². The van der Waals surface area contributed by atoms with E-state index in [4.69, 9.17) is 0 Å². The molecule has 136 valence electrons. The number of carboxylic acid groups (broad SMARTS) is 1. The highest BCUT2D eigenvalue weighted by atomic mass is 127. The average molecular weight is 471 g/mol. The third kappa shape index (κ3) is 5.31. The number of aromatic hydroxyl groups is 1. The Labute approximate surface area is 161 Å². The molecule has 0 unspecified atom stereocenters. The van der Waals surface area contributed by atoms with E-state index in [1.165, 1.54) is 30.3 Å². The number of hydrogen-bond acceptors (Lipinski definition) is 5. The first-order chi connectivity index (χ1) is 12.3. The number of anilines is 1. The van der Waals surface area contributed by atoms with Gasteiger partial charge in [-0.2, -0.15) is 0 Å². The first kappa shape index (κ1) is 19.4. The number of nitrogens with one attached hydrogen (secondary N) is 2. The molecule has 26 heavy (non-hydrogen) atoms. The van der Waals surface area contributed by atoms with Gasteiger partial charge in [-0.25, -0.2) is 9.59 Å². The van der Waals surface area contributed by atoms with Crippen molar-refractivity contribution in [3.8, 4) is 5.75 Å². The van der Waals surface area contributed by atoms with Crippen LogP contribution in [0.15, 0.2) is 42.5 Å². The first-order valence-corrected chi connectivity index (χ1v) is 8.36. The van der Waals surface area contributed by atoms with Crippen LogP contribution in [0.25, 0.3) is 0 Å². The van der Waals surface area contributed by atoms with Gasteiger partial charge in [0.1, 0.15) is 11.8 Å². The van der Waals surface area contributed by atoms with E-state index in [0.29, 0.717) is 9.13 Å². The van der Waals surface area contributed by atoms with E-state index in [1.807, 2.05) is 22.6 Å². The molecule has 2 amide bonds. The fourth-order valence-corrected chi connectivity index (χ4v) is 2.68. The molecule has 2 rings (SSSR count). The summed E-state index contributed by atoms with van der Waals surface area (Å²) in [5.41, 5.74) is 0.799. The van der Waals surface area contributed by atoms with Gasteiger partial charge in [0.2, 0.25) is 0 Å². The molecule has 0 saturated heterocycles. The topological polar surface area (TPSA) is 142 Å². The van der Waals surface area contributed by atoms with E-state index in [9.17, 15) is 29.9 Å². The summed E-state index contributed by atoms with van der Waals surface area (Å²) in [6, 6.07) is 7.85. The van der Waals surface area contributed by atoms with Crippen molar-refractivity contribution >= 4 is 46.0 Å². The van der Waals surface area contributed by atoms with Crippen LogP contribution in [0.5, 0.6) is 5.75 Å². The highest BCUT2D eigenvalue weighted by Crippen LogP contribution is 2.21. The molecule has 9 nitrogen and oxygen atoms in total. The summed E-state index contributed by atoms with van der Waals surface area (Å²) in [4.78, 5) is 33.4. The summed E-state index contributed by atoms with van der Waals surface area (Å²) >= 11 is 1.92. The zero-order valence-corrected chi connectivity index (χ0v) is 15.3. The van der Waals surface area contributed by atoms with Crippen molar-refractivity contribution in [1.82, 2.24) is 5.32 Å². The quantitative estimate of drug-likeness (QED) is 0.290. The molecule has 0 saturated carbocycles. The highest BCUT2D eigenvalue weighted by molar-refractivity contribution is 14.1. The van der Waals surface area contributed by atoms with Crippen LogP contribution in [-0.2, 0) is 11.2 Å². The molecule has 0 radical (unpaired) electrons. The van der Waals surface area contributed by atoms with E-state index >= 15 is 0 Å². The van der Waals surface area contributed by atoms with Crippen molar-refractivity contribution in [2.24, 2.45) is 0 Å². The number of benzene rings is 2. The zero-order valence-electron chi connectivity index (χ0n) is 13.2. The molecule has 1 atom stereocenters. The number of carboxylic acids is 1. The van der Waals surface area contributed by atoms with E-state index in [2.05, 4.69) is 10.6 Å². The summed E-state index contributed by atoms with van der Waals surface area (Å²) in [5, 5.41) is 34.2. The lowest BCUT2D eigenvalue weighted by atomic mass is 10.1. The van der Waals surface area contributed by atoms with Gasteiger partial charge in [0.25, 0.3) is 5.69 Å². The minimum absolute atomic E-state index is 0.0271. The lowest BCUT2D eigenvalue weighted by molar-refractivity contribution is -0.384. The van der Waals surface area contributed by atoms with Gasteiger partial charge in [-0.1, -0.05) is 6.07 Å². The molecule has 0 heterocycles. The smallest absolute Gasteiger partial charge is 0.326 e. The molecule has 4 N–H and O–H groups in total. The number of phenolic OH excluding ortho intramolecular Hbond substituents is 1. The number of amides is 2. The molecule has 2 aromatic carbocycles. The third-order valence-electron chi connectivity index (χ3n) is 3.39. The first-order valence-electron chi connectivity index (χ1n) is 7.28. The van der Waals surface area contributed by atoms with Crippen LogP contribution in [0.3, 0.4) is 0 Å². The fourth-order valence-electron chi connectivity index (χ4n) is 2.11. The monoisotopic (exact) mass is 471 g/mol. The number of carbonyl (C=O) groups is 2. The summed E-state index contributed by atoms with van der Waals surface area (Å²) < 4.78 is 0.569. The van der Waals surface area contributed by atoms with Crippen LogP contribution in [0.4, 0.5) is 16.2 Å². The lowest BCUT2D eigenvalue weighted by Crippen LogP contribution is -2.44. The molecule has 0 bridgehead atoms. The Bertz CT molecular complexity index is 840. The molecule has 2 aromatic rings. The van der Waals surface area contributed by atoms with Crippen LogP contribution in [0, 0.1) is 13.7 Å². The molecule has 0 aliphatic rings. The third-order valence-corrected chi connectivity index (χ3v) is 4.26. The molecular weight excluding hydrogens is 457 g/mol. The lowest BCUT2D eigenvalue weighted by Gasteiger charge is -2.15. The number of non-ortho nitro benzene ring substituents is 1. The Hall–Kier alpha value is -2.89. The van der Waals surface area contributed by atoms with Gasteiger partial charge in [0, 0.05) is 24.2 Å². The van der Waals surface area contributed by atoms with Gasteiger partial charge < -0.3 is 20.8 Å². The summed E-state index contributed by atoms with van der Waals surface area (Å²) in [7, 11) is 0. The predicted octanol–water partition coefficient (Wildman–Crippen LogP) is 2.72. The predicted molar refractivity (Wildman–Crippen MR) is 101 cm³/mol. The molecular formula is C16H14IN3O6. The number of carbonyl (C=O) groups excluding carboxylic acids is 1. The van der Waals surface area contributed by atoms with Crippen molar-refractivity contribution in [3.63, 3.8) is 0 Å². The van der Waals surface area contributed by atoms with Gasteiger partial charge in [0.05, 0.1) is 8.49 Å². The standard InChI is InChI=1S/C16H14IN3O6/c17-12-7-9(1-6-14(12)21)8-13(15(22)23)19-16(24)18-10-2-4-11(5-3-10)20(25)26/h1-7,13,21H,8H2,(H,22,23)(H2,18,19,24)/t13-/m0/s1. The number of nitro benzene ring substituents is 1. The maximum absolute atomic E-state index is 12.0. The molecule has 0 spiro atoms. The highest BCUT2D eigenvalue weighted by Gasteiger charge is 2.21. The minimum Gasteiger partial charge on any atom is -0.507 e. The van der Waals surface area contributed by atoms with Crippen LogP contribution < -0.4 is 10.6 Å². The number of nitrogens with zero attached hydrogens (tertiary/aromatic N) is 1. The van der Waals surface area contributed by atoms with Gasteiger partial charge in [-0.3, -0.25) is 10.1 Å². The minimum atomic E-state index is -1.22. The number of halogens is 1. The van der Waals surface area contributed by atoms with Gasteiger partial charge in [-0.15, -0.1) is 0 Å². The average Bonchev–Trinajstić information content (AvgIpc) is 2.58. The van der Waals surface area contributed by atoms with Gasteiger partial charge >= 0.3 is 12.0 Å². The maximum Gasteiger partial charge on any atom is 0.326 e. The summed E-state index contributed by atoms with van der Waals surface area (Å²) in [5.74, 6) is -1.13. The number of nitro groups is 1. The summed E-state index contributed by atoms with van der Waals surface area (Å²) in [6.07, 6.45) is 0.0271. The molecule has 0 aromatic heterocycles. The maximum atomic E-state index is 12.0. The van der Waals surface area contributed by atoms with Crippen molar-refractivity contribution in [1.29, 1.82) is 0 Å². The Kier molecular flexibility index (Phi) is 6.33. The Morgan fingerprint density at radius 3 is 2.38 bits per heavy atom. The Morgan fingerprint density at radius 1 is 1.19 bits per heavy atom.